The van der Waals surface area contributed by atoms with Crippen LogP contribution in [0, 0.1) is 13.8 Å². The molecule has 2 atom stereocenters. The van der Waals surface area contributed by atoms with Crippen LogP contribution in [0.25, 0.3) is 5.69 Å². The summed E-state index contributed by atoms with van der Waals surface area (Å²) in [7, 11) is 0. The molecule has 1 aromatic carbocycles. The first-order valence-electron chi connectivity index (χ1n) is 10.7. The van der Waals surface area contributed by atoms with Gasteiger partial charge in [0, 0.05) is 30.0 Å². The highest BCUT2D eigenvalue weighted by atomic mass is 32.1. The van der Waals surface area contributed by atoms with E-state index in [0.717, 1.165) is 22.8 Å². The molecule has 6 heteroatoms. The standard InChI is InChI=1S/C26H25N5S/c1-18-11-12-21(16-19(18)2)30-15-7-10-23(30)25-24(22-9-4-6-14-28-22)29-26(32)31(25)17-20-8-3-5-13-27-20/h3-16,24-25H,17H2,1-2H3,(H,29,32)/t24-,25-/m1/s1. The van der Waals surface area contributed by atoms with Gasteiger partial charge in [0.2, 0.25) is 0 Å². The zero-order valence-corrected chi connectivity index (χ0v) is 19.0. The maximum Gasteiger partial charge on any atom is 0.170 e. The van der Waals surface area contributed by atoms with Crippen molar-refractivity contribution in [1.29, 1.82) is 0 Å². The fraction of sp³-hybridized carbons (Fsp3) is 0.192. The van der Waals surface area contributed by atoms with Crippen LogP contribution in [0.1, 0.15) is 40.3 Å². The zero-order chi connectivity index (χ0) is 22.1. The molecule has 0 saturated carbocycles. The van der Waals surface area contributed by atoms with E-state index in [-0.39, 0.29) is 12.1 Å². The molecule has 1 aliphatic rings. The lowest BCUT2D eigenvalue weighted by Crippen LogP contribution is -2.30. The number of aryl methyl sites for hydroxylation is 2. The number of aromatic nitrogens is 3. The van der Waals surface area contributed by atoms with E-state index in [1.54, 1.807) is 0 Å². The Balaban J connectivity index is 1.61. The van der Waals surface area contributed by atoms with Gasteiger partial charge in [-0.1, -0.05) is 18.2 Å². The molecule has 4 heterocycles. The molecular weight excluding hydrogens is 414 g/mol. The Hall–Kier alpha value is -3.51. The maximum atomic E-state index is 5.82. The molecule has 5 rings (SSSR count). The summed E-state index contributed by atoms with van der Waals surface area (Å²) in [4.78, 5) is 11.4. The van der Waals surface area contributed by atoms with Gasteiger partial charge in [0.15, 0.2) is 5.11 Å². The van der Waals surface area contributed by atoms with Gasteiger partial charge in [-0.15, -0.1) is 0 Å². The quantitative estimate of drug-likeness (QED) is 0.441. The van der Waals surface area contributed by atoms with Crippen molar-refractivity contribution in [3.63, 3.8) is 0 Å². The number of hydrogen-bond donors (Lipinski definition) is 1. The average molecular weight is 440 g/mol. The normalized spacial score (nSPS) is 18.1. The summed E-state index contributed by atoms with van der Waals surface area (Å²) in [5.74, 6) is 0. The Bertz CT molecular complexity index is 1240. The number of nitrogens with zero attached hydrogens (tertiary/aromatic N) is 4. The Labute approximate surface area is 193 Å². The molecule has 0 amide bonds. The predicted octanol–water partition coefficient (Wildman–Crippen LogP) is 5.06. The molecule has 0 spiro atoms. The van der Waals surface area contributed by atoms with Gasteiger partial charge in [-0.25, -0.2) is 0 Å². The lowest BCUT2D eigenvalue weighted by atomic mass is 10.0. The predicted molar refractivity (Wildman–Crippen MR) is 130 cm³/mol. The summed E-state index contributed by atoms with van der Waals surface area (Å²) in [6.07, 6.45) is 5.78. The summed E-state index contributed by atoms with van der Waals surface area (Å²) in [6, 6.07) is 22.8. The molecule has 32 heavy (non-hydrogen) atoms. The number of rotatable bonds is 5. The fourth-order valence-corrected chi connectivity index (χ4v) is 4.61. The molecule has 0 unspecified atom stereocenters. The van der Waals surface area contributed by atoms with Crippen LogP contribution >= 0.6 is 12.2 Å². The van der Waals surface area contributed by atoms with Crippen molar-refractivity contribution in [1.82, 2.24) is 24.8 Å². The van der Waals surface area contributed by atoms with Crippen LogP contribution in [0.2, 0.25) is 0 Å². The Morgan fingerprint density at radius 2 is 1.72 bits per heavy atom. The molecule has 3 aromatic heterocycles. The van der Waals surface area contributed by atoms with E-state index in [1.807, 2.05) is 42.7 Å². The highest BCUT2D eigenvalue weighted by Gasteiger charge is 2.41. The molecule has 1 fully saturated rings. The van der Waals surface area contributed by atoms with E-state index in [1.165, 1.54) is 11.1 Å². The Morgan fingerprint density at radius 1 is 0.906 bits per heavy atom. The van der Waals surface area contributed by atoms with Gasteiger partial charge in [-0.05, 0) is 85.7 Å². The van der Waals surface area contributed by atoms with E-state index in [9.17, 15) is 0 Å². The summed E-state index contributed by atoms with van der Waals surface area (Å²) >= 11 is 5.82. The lowest BCUT2D eigenvalue weighted by Gasteiger charge is -2.28. The van der Waals surface area contributed by atoms with Gasteiger partial charge < -0.3 is 14.8 Å². The fourth-order valence-electron chi connectivity index (χ4n) is 4.31. The van der Waals surface area contributed by atoms with Crippen LogP contribution in [0.5, 0.6) is 0 Å². The Morgan fingerprint density at radius 3 is 2.44 bits per heavy atom. The second-order valence-corrected chi connectivity index (χ2v) is 8.53. The van der Waals surface area contributed by atoms with Crippen LogP contribution in [-0.4, -0.2) is 24.5 Å². The van der Waals surface area contributed by atoms with Crippen molar-refractivity contribution >= 4 is 17.3 Å². The van der Waals surface area contributed by atoms with E-state index in [0.29, 0.717) is 11.7 Å². The topological polar surface area (TPSA) is 46.0 Å². The first-order valence-corrected chi connectivity index (χ1v) is 11.2. The van der Waals surface area contributed by atoms with Crippen molar-refractivity contribution in [2.75, 3.05) is 0 Å². The molecular formula is C26H25N5S. The van der Waals surface area contributed by atoms with Crippen LogP contribution in [0.15, 0.2) is 85.3 Å². The largest absolute Gasteiger partial charge is 0.352 e. The minimum atomic E-state index is -0.0624. The molecule has 4 aromatic rings. The van der Waals surface area contributed by atoms with Crippen LogP contribution in [-0.2, 0) is 6.54 Å². The molecule has 5 nitrogen and oxygen atoms in total. The number of hydrogen-bond acceptors (Lipinski definition) is 3. The summed E-state index contributed by atoms with van der Waals surface area (Å²) in [6.45, 7) is 4.91. The molecule has 1 aliphatic heterocycles. The summed E-state index contributed by atoms with van der Waals surface area (Å²) in [5, 5.41) is 4.24. The summed E-state index contributed by atoms with van der Waals surface area (Å²) < 4.78 is 2.26. The molecule has 0 aliphatic carbocycles. The van der Waals surface area contributed by atoms with Crippen LogP contribution in [0.3, 0.4) is 0 Å². The second kappa shape index (κ2) is 8.55. The van der Waals surface area contributed by atoms with Crippen molar-refractivity contribution < 1.29 is 0 Å². The lowest BCUT2D eigenvalue weighted by molar-refractivity contribution is 0.299. The number of thiocarbonyl (C=S) groups is 1. The monoisotopic (exact) mass is 439 g/mol. The Kier molecular flexibility index (Phi) is 5.45. The first-order chi connectivity index (χ1) is 15.6. The maximum absolute atomic E-state index is 5.82. The average Bonchev–Trinajstić information content (AvgIpc) is 3.42. The van der Waals surface area contributed by atoms with Gasteiger partial charge in [-0.3, -0.25) is 9.97 Å². The molecule has 160 valence electrons. The molecule has 0 bridgehead atoms. The van der Waals surface area contributed by atoms with Crippen molar-refractivity contribution in [3.8, 4) is 5.69 Å². The highest BCUT2D eigenvalue weighted by Crippen LogP contribution is 2.40. The smallest absolute Gasteiger partial charge is 0.170 e. The number of benzene rings is 1. The third kappa shape index (κ3) is 3.78. The van der Waals surface area contributed by atoms with Gasteiger partial charge in [0.05, 0.1) is 30.0 Å². The third-order valence-electron chi connectivity index (χ3n) is 6.11. The van der Waals surface area contributed by atoms with Crippen molar-refractivity contribution in [2.45, 2.75) is 32.5 Å². The van der Waals surface area contributed by atoms with E-state index < -0.39 is 0 Å². The third-order valence-corrected chi connectivity index (χ3v) is 6.46. The van der Waals surface area contributed by atoms with Gasteiger partial charge in [0.25, 0.3) is 0 Å². The van der Waals surface area contributed by atoms with Crippen LogP contribution < -0.4 is 5.32 Å². The molecule has 0 radical (unpaired) electrons. The SMILES string of the molecule is Cc1ccc(-n2cccc2[C@@H]2[C@@H](c3ccccn3)NC(=S)N2Cc2ccccn2)cc1C. The van der Waals surface area contributed by atoms with Gasteiger partial charge >= 0.3 is 0 Å². The minimum Gasteiger partial charge on any atom is -0.352 e. The van der Waals surface area contributed by atoms with Crippen molar-refractivity contribution in [3.05, 3.63) is 114 Å². The summed E-state index contributed by atoms with van der Waals surface area (Å²) in [5.41, 5.74) is 6.81. The first kappa shape index (κ1) is 20.4. The van der Waals surface area contributed by atoms with E-state index in [4.69, 9.17) is 12.2 Å². The van der Waals surface area contributed by atoms with Crippen molar-refractivity contribution in [2.24, 2.45) is 0 Å². The van der Waals surface area contributed by atoms with E-state index >= 15 is 0 Å². The minimum absolute atomic E-state index is 0.0315. The van der Waals surface area contributed by atoms with Crippen LogP contribution in [0.4, 0.5) is 0 Å². The molecule has 1 N–H and O–H groups in total. The highest BCUT2D eigenvalue weighted by molar-refractivity contribution is 7.80. The van der Waals surface area contributed by atoms with Gasteiger partial charge in [0.1, 0.15) is 0 Å². The van der Waals surface area contributed by atoms with Gasteiger partial charge in [-0.2, -0.15) is 0 Å². The zero-order valence-electron chi connectivity index (χ0n) is 18.1. The van der Waals surface area contributed by atoms with E-state index in [2.05, 4.69) is 81.2 Å². The number of pyridine rings is 2. The number of nitrogens with one attached hydrogen (secondary N) is 1. The second-order valence-electron chi connectivity index (χ2n) is 8.15. The molecule has 1 saturated heterocycles.